The highest BCUT2D eigenvalue weighted by atomic mass is 32.2. The zero-order chi connectivity index (χ0) is 18.1. The summed E-state index contributed by atoms with van der Waals surface area (Å²) in [6.45, 7) is 0. The second kappa shape index (κ2) is 6.89. The number of hydrogen-bond acceptors (Lipinski definition) is 2. The van der Waals surface area contributed by atoms with Crippen LogP contribution < -0.4 is 5.32 Å². The van der Waals surface area contributed by atoms with Crippen LogP contribution in [-0.4, -0.2) is 16.4 Å². The average Bonchev–Trinajstić information content (AvgIpc) is 2.99. The van der Waals surface area contributed by atoms with E-state index in [0.29, 0.717) is 4.90 Å². The fourth-order valence-electron chi connectivity index (χ4n) is 3.53. The lowest BCUT2D eigenvalue weighted by Crippen LogP contribution is -2.15. The quantitative estimate of drug-likeness (QED) is 0.593. The van der Waals surface area contributed by atoms with Crippen molar-refractivity contribution in [1.82, 2.24) is 0 Å². The first-order valence-electron chi connectivity index (χ1n) is 8.54. The maximum atomic E-state index is 12.5. The molecule has 0 bridgehead atoms. The van der Waals surface area contributed by atoms with E-state index in [1.807, 2.05) is 30.3 Å². The number of carbonyl (C=O) groups is 1. The average molecular weight is 361 g/mol. The van der Waals surface area contributed by atoms with Crippen molar-refractivity contribution < 1.29 is 9.00 Å². The summed E-state index contributed by atoms with van der Waals surface area (Å²) < 4.78 is 11.8. The predicted octanol–water partition coefficient (Wildman–Crippen LogP) is 4.18. The van der Waals surface area contributed by atoms with Crippen molar-refractivity contribution in [1.29, 1.82) is 0 Å². The van der Waals surface area contributed by atoms with Crippen LogP contribution in [0, 0.1) is 0 Å². The summed E-state index contributed by atoms with van der Waals surface area (Å²) in [5.41, 5.74) is 6.69. The van der Waals surface area contributed by atoms with Crippen LogP contribution in [0.3, 0.4) is 0 Å². The third-order valence-corrected chi connectivity index (χ3v) is 5.73. The molecule has 0 radical (unpaired) electrons. The minimum atomic E-state index is -1.11. The fraction of sp³-hybridized carbons (Fsp3) is 0.136. The smallest absolute Gasteiger partial charge is 0.228 e. The molecule has 0 heterocycles. The van der Waals surface area contributed by atoms with Gasteiger partial charge in [0.1, 0.15) is 0 Å². The molecule has 0 fully saturated rings. The van der Waals surface area contributed by atoms with Gasteiger partial charge in [0.05, 0.1) is 17.2 Å². The van der Waals surface area contributed by atoms with E-state index in [4.69, 9.17) is 0 Å². The van der Waals surface area contributed by atoms with Gasteiger partial charge in [-0.1, -0.05) is 48.5 Å². The van der Waals surface area contributed by atoms with E-state index < -0.39 is 10.8 Å². The molecule has 1 aliphatic rings. The molecule has 0 aliphatic heterocycles. The van der Waals surface area contributed by atoms with E-state index in [2.05, 4.69) is 41.7 Å². The Hall–Kier alpha value is -2.72. The Morgan fingerprint density at radius 3 is 2.54 bits per heavy atom. The molecule has 1 aliphatic carbocycles. The number of fused-ring (bicyclic) bond motifs is 3. The molecule has 0 unspecified atom stereocenters. The molecule has 4 heteroatoms. The molecular formula is C22H19NO2S. The van der Waals surface area contributed by atoms with E-state index in [0.717, 1.165) is 17.7 Å². The first-order valence-corrected chi connectivity index (χ1v) is 10.1. The van der Waals surface area contributed by atoms with E-state index in [1.165, 1.54) is 22.3 Å². The molecule has 3 aromatic carbocycles. The third-order valence-electron chi connectivity index (χ3n) is 4.71. The summed E-state index contributed by atoms with van der Waals surface area (Å²) in [5, 5.41) is 2.98. The van der Waals surface area contributed by atoms with Crippen LogP contribution in [0.5, 0.6) is 0 Å². The van der Waals surface area contributed by atoms with Gasteiger partial charge in [0, 0.05) is 16.8 Å². The van der Waals surface area contributed by atoms with Gasteiger partial charge in [0.15, 0.2) is 0 Å². The van der Waals surface area contributed by atoms with Crippen LogP contribution in [0.25, 0.3) is 11.1 Å². The Labute approximate surface area is 155 Å². The van der Waals surface area contributed by atoms with Gasteiger partial charge < -0.3 is 5.32 Å². The lowest BCUT2D eigenvalue weighted by Gasteiger charge is -2.10. The van der Waals surface area contributed by atoms with Crippen LogP contribution in [0.2, 0.25) is 0 Å². The number of rotatable bonds is 4. The van der Waals surface area contributed by atoms with Crippen molar-refractivity contribution >= 4 is 22.4 Å². The van der Waals surface area contributed by atoms with E-state index >= 15 is 0 Å². The van der Waals surface area contributed by atoms with Gasteiger partial charge in [-0.2, -0.15) is 0 Å². The number of hydrogen-bond donors (Lipinski definition) is 1. The van der Waals surface area contributed by atoms with E-state index in [9.17, 15) is 9.00 Å². The largest absolute Gasteiger partial charge is 0.326 e. The molecule has 3 nitrogen and oxygen atoms in total. The van der Waals surface area contributed by atoms with Crippen LogP contribution in [0.1, 0.15) is 16.7 Å². The van der Waals surface area contributed by atoms with Gasteiger partial charge in [0.2, 0.25) is 5.91 Å². The Kier molecular flexibility index (Phi) is 4.43. The zero-order valence-corrected chi connectivity index (χ0v) is 15.3. The third kappa shape index (κ3) is 3.20. The number of anilines is 1. The summed E-state index contributed by atoms with van der Waals surface area (Å²) in [4.78, 5) is 13.2. The molecule has 0 spiro atoms. The number of amides is 1. The summed E-state index contributed by atoms with van der Waals surface area (Å²) in [6.07, 6.45) is 2.74. The first-order chi connectivity index (χ1) is 12.6. The molecule has 1 amide bonds. The Morgan fingerprint density at radius 1 is 0.962 bits per heavy atom. The van der Waals surface area contributed by atoms with Gasteiger partial charge >= 0.3 is 0 Å². The molecule has 0 aromatic heterocycles. The highest BCUT2D eigenvalue weighted by Gasteiger charge is 2.18. The molecule has 4 rings (SSSR count). The van der Waals surface area contributed by atoms with Crippen LogP contribution in [0.15, 0.2) is 71.6 Å². The van der Waals surface area contributed by atoms with Gasteiger partial charge in [-0.05, 0) is 52.4 Å². The summed E-state index contributed by atoms with van der Waals surface area (Å²) in [5.74, 6) is -0.0987. The highest BCUT2D eigenvalue weighted by molar-refractivity contribution is 7.84. The lowest BCUT2D eigenvalue weighted by molar-refractivity contribution is -0.115. The maximum absolute atomic E-state index is 12.5. The maximum Gasteiger partial charge on any atom is 0.228 e. The molecule has 1 N–H and O–H groups in total. The standard InChI is InChI=1S/C22H19NO2S/c1-26(25)21-9-5-3-7-16(21)14-22(24)23-18-10-11-20-17(13-18)12-15-6-2-4-8-19(15)20/h2-11,13H,12,14H2,1H3,(H,23,24)/t26-/m1/s1. The topological polar surface area (TPSA) is 46.2 Å². The summed E-state index contributed by atoms with van der Waals surface area (Å²) in [6, 6.07) is 21.9. The van der Waals surface area contributed by atoms with Crippen LogP contribution >= 0.6 is 0 Å². The Morgan fingerprint density at radius 2 is 1.69 bits per heavy atom. The molecule has 26 heavy (non-hydrogen) atoms. The number of benzene rings is 3. The second-order valence-electron chi connectivity index (χ2n) is 6.49. The SMILES string of the molecule is C[S@@](=O)c1ccccc1CC(=O)Nc1ccc2c(c1)Cc1ccccc1-2. The molecule has 0 saturated carbocycles. The minimum absolute atomic E-state index is 0.0987. The highest BCUT2D eigenvalue weighted by Crippen LogP contribution is 2.37. The molecule has 3 aromatic rings. The summed E-state index contributed by atoms with van der Waals surface area (Å²) >= 11 is 0. The van der Waals surface area contributed by atoms with Crippen molar-refractivity contribution in [2.75, 3.05) is 11.6 Å². The van der Waals surface area contributed by atoms with Crippen molar-refractivity contribution in [2.45, 2.75) is 17.7 Å². The molecular weight excluding hydrogens is 342 g/mol. The Balaban J connectivity index is 1.52. The lowest BCUT2D eigenvalue weighted by atomic mass is 10.1. The van der Waals surface area contributed by atoms with Crippen molar-refractivity contribution in [2.24, 2.45) is 0 Å². The monoisotopic (exact) mass is 361 g/mol. The van der Waals surface area contributed by atoms with Crippen molar-refractivity contribution in [3.8, 4) is 11.1 Å². The predicted molar refractivity (Wildman–Crippen MR) is 106 cm³/mol. The van der Waals surface area contributed by atoms with Gasteiger partial charge in [-0.15, -0.1) is 0 Å². The Bertz CT molecular complexity index is 1030. The van der Waals surface area contributed by atoms with Crippen LogP contribution in [0.4, 0.5) is 5.69 Å². The van der Waals surface area contributed by atoms with E-state index in [1.54, 1.807) is 6.26 Å². The van der Waals surface area contributed by atoms with Crippen molar-refractivity contribution in [3.05, 3.63) is 83.4 Å². The van der Waals surface area contributed by atoms with Gasteiger partial charge in [-0.3, -0.25) is 9.00 Å². The summed E-state index contributed by atoms with van der Waals surface area (Å²) in [7, 11) is -1.11. The molecule has 130 valence electrons. The number of carbonyl (C=O) groups excluding carboxylic acids is 1. The molecule has 0 saturated heterocycles. The van der Waals surface area contributed by atoms with Gasteiger partial charge in [0.25, 0.3) is 0 Å². The van der Waals surface area contributed by atoms with Crippen LogP contribution in [-0.2, 0) is 28.4 Å². The van der Waals surface area contributed by atoms with Crippen molar-refractivity contribution in [3.63, 3.8) is 0 Å². The van der Waals surface area contributed by atoms with E-state index in [-0.39, 0.29) is 12.3 Å². The molecule has 1 atom stereocenters. The zero-order valence-electron chi connectivity index (χ0n) is 14.5. The minimum Gasteiger partial charge on any atom is -0.326 e. The fourth-order valence-corrected chi connectivity index (χ4v) is 4.31. The second-order valence-corrected chi connectivity index (χ2v) is 7.84. The first kappa shape index (κ1) is 16.7. The van der Waals surface area contributed by atoms with Gasteiger partial charge in [-0.25, -0.2) is 0 Å². The number of nitrogens with one attached hydrogen (secondary N) is 1. The normalized spacial score (nSPS) is 13.0.